The van der Waals surface area contributed by atoms with E-state index in [-0.39, 0.29) is 18.0 Å². The molecule has 1 N–H and O–H groups in total. The van der Waals surface area contributed by atoms with Crippen LogP contribution in [0.15, 0.2) is 63.8 Å². The molecule has 2 aromatic heterocycles. The summed E-state index contributed by atoms with van der Waals surface area (Å²) >= 11 is 0. The standard InChI is InChI=1S/C18H12F3N3O2/c19-18(20,21)12-7-5-11(6-8-12)9-13-10-16(25)24(23-13)17-22-14-3-1-2-4-15(14)26-17/h1-8,10,23H,9H2. The lowest BCUT2D eigenvalue weighted by atomic mass is 10.1. The van der Waals surface area contributed by atoms with Crippen LogP contribution < -0.4 is 5.56 Å². The molecule has 0 unspecified atom stereocenters. The second kappa shape index (κ2) is 5.91. The zero-order valence-electron chi connectivity index (χ0n) is 13.2. The molecule has 0 aliphatic carbocycles. The van der Waals surface area contributed by atoms with E-state index in [1.807, 2.05) is 6.07 Å². The van der Waals surface area contributed by atoms with Crippen molar-refractivity contribution in [2.75, 3.05) is 0 Å². The summed E-state index contributed by atoms with van der Waals surface area (Å²) in [6.45, 7) is 0. The number of alkyl halides is 3. The minimum Gasteiger partial charge on any atom is -0.422 e. The van der Waals surface area contributed by atoms with Crippen LogP contribution in [0.2, 0.25) is 0 Å². The van der Waals surface area contributed by atoms with Gasteiger partial charge in [-0.3, -0.25) is 9.89 Å². The molecule has 0 saturated heterocycles. The average Bonchev–Trinajstić information content (AvgIpc) is 3.17. The molecular formula is C18H12F3N3O2. The van der Waals surface area contributed by atoms with Gasteiger partial charge in [0.15, 0.2) is 5.58 Å². The predicted molar refractivity (Wildman–Crippen MR) is 88.2 cm³/mol. The van der Waals surface area contributed by atoms with Crippen LogP contribution in [0.5, 0.6) is 0 Å². The molecule has 0 aliphatic rings. The van der Waals surface area contributed by atoms with E-state index in [1.165, 1.54) is 22.9 Å². The first-order valence-corrected chi connectivity index (χ1v) is 7.73. The number of aromatic nitrogens is 3. The van der Waals surface area contributed by atoms with E-state index in [0.717, 1.165) is 12.1 Å². The maximum atomic E-state index is 12.6. The first-order valence-electron chi connectivity index (χ1n) is 7.73. The van der Waals surface area contributed by atoms with E-state index in [2.05, 4.69) is 10.1 Å². The minimum atomic E-state index is -4.37. The van der Waals surface area contributed by atoms with Crippen LogP contribution in [-0.4, -0.2) is 14.8 Å². The van der Waals surface area contributed by atoms with Crippen LogP contribution in [0.25, 0.3) is 17.1 Å². The quantitative estimate of drug-likeness (QED) is 0.603. The second-order valence-corrected chi connectivity index (χ2v) is 5.79. The number of halogens is 3. The molecule has 5 nitrogen and oxygen atoms in total. The molecule has 0 amide bonds. The van der Waals surface area contributed by atoms with Crippen molar-refractivity contribution in [2.24, 2.45) is 0 Å². The third-order valence-electron chi connectivity index (χ3n) is 3.92. The van der Waals surface area contributed by atoms with Crippen molar-refractivity contribution >= 4 is 11.1 Å². The van der Waals surface area contributed by atoms with Gasteiger partial charge in [-0.2, -0.15) is 22.8 Å². The van der Waals surface area contributed by atoms with Gasteiger partial charge >= 0.3 is 12.2 Å². The first-order chi connectivity index (χ1) is 12.4. The fraction of sp³-hybridized carbons (Fsp3) is 0.111. The Hall–Kier alpha value is -3.29. The van der Waals surface area contributed by atoms with Gasteiger partial charge in [-0.1, -0.05) is 24.3 Å². The highest BCUT2D eigenvalue weighted by Crippen LogP contribution is 2.29. The highest BCUT2D eigenvalue weighted by atomic mass is 19.4. The minimum absolute atomic E-state index is 0.106. The lowest BCUT2D eigenvalue weighted by molar-refractivity contribution is -0.137. The van der Waals surface area contributed by atoms with Crippen LogP contribution in [0.3, 0.4) is 0 Å². The average molecular weight is 359 g/mol. The smallest absolute Gasteiger partial charge is 0.416 e. The summed E-state index contributed by atoms with van der Waals surface area (Å²) in [6.07, 6.45) is -4.09. The highest BCUT2D eigenvalue weighted by Gasteiger charge is 2.29. The molecule has 0 radical (unpaired) electrons. The van der Waals surface area contributed by atoms with Gasteiger partial charge in [-0.15, -0.1) is 0 Å². The SMILES string of the molecule is O=c1cc(Cc2ccc(C(F)(F)F)cc2)[nH]n1-c1nc2ccccc2o1. The van der Waals surface area contributed by atoms with Crippen LogP contribution in [0.4, 0.5) is 13.2 Å². The van der Waals surface area contributed by atoms with Crippen molar-refractivity contribution in [1.82, 2.24) is 14.8 Å². The van der Waals surface area contributed by atoms with Crippen molar-refractivity contribution in [3.8, 4) is 6.01 Å². The van der Waals surface area contributed by atoms with Crippen molar-refractivity contribution in [3.63, 3.8) is 0 Å². The molecule has 26 heavy (non-hydrogen) atoms. The monoisotopic (exact) mass is 359 g/mol. The van der Waals surface area contributed by atoms with E-state index in [9.17, 15) is 18.0 Å². The van der Waals surface area contributed by atoms with Crippen LogP contribution in [0.1, 0.15) is 16.8 Å². The van der Waals surface area contributed by atoms with Gasteiger partial charge in [0.2, 0.25) is 0 Å². The number of nitrogens with one attached hydrogen (secondary N) is 1. The molecule has 0 atom stereocenters. The van der Waals surface area contributed by atoms with Gasteiger partial charge in [-0.25, -0.2) is 0 Å². The Morgan fingerprint density at radius 2 is 1.81 bits per heavy atom. The Morgan fingerprint density at radius 1 is 1.08 bits per heavy atom. The zero-order chi connectivity index (χ0) is 18.3. The summed E-state index contributed by atoms with van der Waals surface area (Å²) in [7, 11) is 0. The topological polar surface area (TPSA) is 63.8 Å². The number of nitrogens with zero attached hydrogens (tertiary/aromatic N) is 2. The maximum absolute atomic E-state index is 12.6. The van der Waals surface area contributed by atoms with Crippen LogP contribution in [-0.2, 0) is 12.6 Å². The molecule has 2 heterocycles. The van der Waals surface area contributed by atoms with Gasteiger partial charge < -0.3 is 4.42 Å². The maximum Gasteiger partial charge on any atom is 0.416 e. The third kappa shape index (κ3) is 3.01. The van der Waals surface area contributed by atoms with Crippen LogP contribution in [0, 0.1) is 0 Å². The summed E-state index contributed by atoms with van der Waals surface area (Å²) in [5.74, 6) is 0. The normalized spacial score (nSPS) is 12.0. The summed E-state index contributed by atoms with van der Waals surface area (Å²) < 4.78 is 44.5. The number of para-hydroxylation sites is 2. The zero-order valence-corrected chi connectivity index (χ0v) is 13.2. The van der Waals surface area contributed by atoms with Crippen molar-refractivity contribution in [3.05, 3.63) is 81.8 Å². The first kappa shape index (κ1) is 16.2. The molecule has 132 valence electrons. The van der Waals surface area contributed by atoms with Gasteiger partial charge in [0.1, 0.15) is 5.52 Å². The molecule has 0 saturated carbocycles. The van der Waals surface area contributed by atoms with Gasteiger partial charge in [0.05, 0.1) is 5.56 Å². The molecule has 4 rings (SSSR count). The van der Waals surface area contributed by atoms with E-state index in [0.29, 0.717) is 22.4 Å². The molecule has 0 fully saturated rings. The summed E-state index contributed by atoms with van der Waals surface area (Å²) in [4.78, 5) is 16.4. The van der Waals surface area contributed by atoms with Gasteiger partial charge in [0.25, 0.3) is 5.56 Å². The number of H-pyrrole nitrogens is 1. The van der Waals surface area contributed by atoms with Crippen molar-refractivity contribution < 1.29 is 17.6 Å². The number of aromatic amines is 1. The number of hydrogen-bond acceptors (Lipinski definition) is 3. The molecule has 0 aliphatic heterocycles. The number of hydrogen-bond donors (Lipinski definition) is 1. The number of oxazole rings is 1. The van der Waals surface area contributed by atoms with E-state index in [1.54, 1.807) is 18.2 Å². The predicted octanol–water partition coefficient (Wildman–Crippen LogP) is 3.92. The fourth-order valence-electron chi connectivity index (χ4n) is 2.66. The molecular weight excluding hydrogens is 347 g/mol. The number of rotatable bonds is 3. The lowest BCUT2D eigenvalue weighted by Crippen LogP contribution is -2.13. The Bertz CT molecular complexity index is 1090. The summed E-state index contributed by atoms with van der Waals surface area (Å²) in [6, 6.07) is 13.4. The largest absolute Gasteiger partial charge is 0.422 e. The summed E-state index contributed by atoms with van der Waals surface area (Å²) in [5, 5.41) is 2.88. The number of benzene rings is 2. The second-order valence-electron chi connectivity index (χ2n) is 5.79. The highest BCUT2D eigenvalue weighted by molar-refractivity contribution is 5.73. The molecule has 2 aromatic carbocycles. The Kier molecular flexibility index (Phi) is 3.68. The van der Waals surface area contributed by atoms with Gasteiger partial charge in [-0.05, 0) is 29.8 Å². The van der Waals surface area contributed by atoms with E-state index < -0.39 is 11.7 Å². The van der Waals surface area contributed by atoms with Gasteiger partial charge in [0, 0.05) is 18.2 Å². The fourth-order valence-corrected chi connectivity index (χ4v) is 2.66. The van der Waals surface area contributed by atoms with Crippen molar-refractivity contribution in [2.45, 2.75) is 12.6 Å². The third-order valence-corrected chi connectivity index (χ3v) is 3.92. The molecule has 8 heteroatoms. The Morgan fingerprint density at radius 3 is 2.50 bits per heavy atom. The number of fused-ring (bicyclic) bond motifs is 1. The lowest BCUT2D eigenvalue weighted by Gasteiger charge is -2.07. The van der Waals surface area contributed by atoms with Crippen molar-refractivity contribution in [1.29, 1.82) is 0 Å². The molecule has 0 bridgehead atoms. The Labute approximate surface area is 144 Å². The van der Waals surface area contributed by atoms with Crippen LogP contribution >= 0.6 is 0 Å². The van der Waals surface area contributed by atoms with E-state index in [4.69, 9.17) is 4.42 Å². The van der Waals surface area contributed by atoms with E-state index >= 15 is 0 Å². The summed E-state index contributed by atoms with van der Waals surface area (Å²) in [5.41, 5.74) is 1.28. The molecule has 4 aromatic rings. The molecule has 0 spiro atoms. The Balaban J connectivity index is 1.61.